The molecular formula is C14H18N2S2. The topological polar surface area (TPSA) is 27.8 Å². The lowest BCUT2D eigenvalue weighted by Gasteiger charge is -2.21. The number of hydrogen-bond acceptors (Lipinski definition) is 3. The van der Waals surface area contributed by atoms with E-state index in [9.17, 15) is 0 Å². The number of fused-ring (bicyclic) bond motifs is 1. The minimum absolute atomic E-state index is 0.786. The summed E-state index contributed by atoms with van der Waals surface area (Å²) >= 11 is 4.20. The molecule has 1 atom stereocenters. The van der Waals surface area contributed by atoms with Crippen LogP contribution >= 0.6 is 23.5 Å². The molecule has 0 saturated carbocycles. The third-order valence-electron chi connectivity index (χ3n) is 3.26. The van der Waals surface area contributed by atoms with Crippen molar-refractivity contribution in [3.8, 4) is 0 Å². The molecule has 0 aliphatic carbocycles. The van der Waals surface area contributed by atoms with Gasteiger partial charge in [0.25, 0.3) is 0 Å². The minimum atomic E-state index is 0.786. The van der Waals surface area contributed by atoms with Gasteiger partial charge in [0, 0.05) is 52.7 Å². The summed E-state index contributed by atoms with van der Waals surface area (Å²) in [4.78, 5) is 3.26. The molecule has 3 rings (SSSR count). The first-order chi connectivity index (χ1) is 8.93. The largest absolute Gasteiger partial charge is 0.361 e. The highest BCUT2D eigenvalue weighted by atomic mass is 32.2. The first-order valence-electron chi connectivity index (χ1n) is 6.38. The maximum absolute atomic E-state index is 3.61. The van der Waals surface area contributed by atoms with Crippen molar-refractivity contribution in [1.82, 2.24) is 10.3 Å². The smallest absolute Gasteiger partial charge is 0.0457 e. The minimum Gasteiger partial charge on any atom is -0.361 e. The van der Waals surface area contributed by atoms with E-state index < -0.39 is 0 Å². The van der Waals surface area contributed by atoms with Crippen LogP contribution in [-0.4, -0.2) is 34.0 Å². The zero-order valence-electron chi connectivity index (χ0n) is 10.3. The van der Waals surface area contributed by atoms with E-state index in [1.54, 1.807) is 0 Å². The molecule has 1 aromatic carbocycles. The Morgan fingerprint density at radius 1 is 1.28 bits per heavy atom. The fraction of sp³-hybridized carbons (Fsp3) is 0.429. The molecule has 2 nitrogen and oxygen atoms in total. The van der Waals surface area contributed by atoms with E-state index in [-0.39, 0.29) is 0 Å². The molecule has 1 aliphatic heterocycles. The van der Waals surface area contributed by atoms with Crippen molar-refractivity contribution >= 4 is 34.4 Å². The monoisotopic (exact) mass is 278 g/mol. The van der Waals surface area contributed by atoms with Gasteiger partial charge in [0.1, 0.15) is 0 Å². The molecule has 1 aromatic heterocycles. The quantitative estimate of drug-likeness (QED) is 0.900. The standard InChI is InChI=1S/C14H18N2S2/c1-2-11(13-4-5-16-14(13)3-1)8-15-9-12-10-17-6-7-18-12/h1-5,12,15-16H,6-10H2. The van der Waals surface area contributed by atoms with E-state index in [4.69, 9.17) is 0 Å². The third-order valence-corrected chi connectivity index (χ3v) is 6.10. The van der Waals surface area contributed by atoms with Crippen LogP contribution in [0.2, 0.25) is 0 Å². The van der Waals surface area contributed by atoms with Gasteiger partial charge in [-0.05, 0) is 17.7 Å². The molecule has 2 heterocycles. The van der Waals surface area contributed by atoms with Crippen LogP contribution in [0.1, 0.15) is 5.56 Å². The number of hydrogen-bond donors (Lipinski definition) is 2. The highest BCUT2D eigenvalue weighted by molar-refractivity contribution is 8.06. The van der Waals surface area contributed by atoms with E-state index in [2.05, 4.69) is 58.1 Å². The second-order valence-corrected chi connectivity index (χ2v) is 7.11. The highest BCUT2D eigenvalue weighted by Gasteiger charge is 2.13. The molecule has 1 aliphatic rings. The van der Waals surface area contributed by atoms with Gasteiger partial charge in [0.05, 0.1) is 0 Å². The summed E-state index contributed by atoms with van der Waals surface area (Å²) < 4.78 is 0. The molecule has 2 aromatic rings. The molecule has 18 heavy (non-hydrogen) atoms. The van der Waals surface area contributed by atoms with Crippen LogP contribution in [0.5, 0.6) is 0 Å². The SMILES string of the molecule is c1cc(CNCC2CSCCS2)c2cc[nH]c2c1. The Morgan fingerprint density at radius 3 is 3.17 bits per heavy atom. The number of rotatable bonds is 4. The van der Waals surface area contributed by atoms with Crippen LogP contribution in [0, 0.1) is 0 Å². The second-order valence-electron chi connectivity index (χ2n) is 4.55. The molecule has 0 bridgehead atoms. The lowest BCUT2D eigenvalue weighted by molar-refractivity contribution is 0.689. The second kappa shape index (κ2) is 6.04. The van der Waals surface area contributed by atoms with Gasteiger partial charge in [-0.3, -0.25) is 0 Å². The fourth-order valence-corrected chi connectivity index (χ4v) is 4.97. The first-order valence-corrected chi connectivity index (χ1v) is 8.59. The summed E-state index contributed by atoms with van der Waals surface area (Å²) in [5, 5.41) is 5.73. The van der Waals surface area contributed by atoms with Crippen molar-refractivity contribution in [3.05, 3.63) is 36.0 Å². The normalized spacial score (nSPS) is 20.3. The zero-order chi connectivity index (χ0) is 12.2. The Kier molecular flexibility index (Phi) is 4.18. The number of H-pyrrole nitrogens is 1. The Hall–Kier alpha value is -0.580. The van der Waals surface area contributed by atoms with Crippen LogP contribution in [-0.2, 0) is 6.54 Å². The van der Waals surface area contributed by atoms with Crippen molar-refractivity contribution < 1.29 is 0 Å². The average Bonchev–Trinajstić information content (AvgIpc) is 2.89. The van der Waals surface area contributed by atoms with Gasteiger partial charge in [0.15, 0.2) is 0 Å². The van der Waals surface area contributed by atoms with E-state index >= 15 is 0 Å². The summed E-state index contributed by atoms with van der Waals surface area (Å²) in [5.41, 5.74) is 2.62. The molecule has 1 unspecified atom stereocenters. The summed E-state index contributed by atoms with van der Waals surface area (Å²) in [5.74, 6) is 3.93. The Balaban J connectivity index is 1.57. The molecule has 1 fully saturated rings. The van der Waals surface area contributed by atoms with Crippen molar-refractivity contribution in [2.75, 3.05) is 23.8 Å². The Labute approximate surface area is 116 Å². The van der Waals surface area contributed by atoms with Crippen LogP contribution in [0.25, 0.3) is 10.9 Å². The van der Waals surface area contributed by atoms with E-state index in [0.29, 0.717) is 0 Å². The molecular weight excluding hydrogens is 260 g/mol. The number of aromatic amines is 1. The summed E-state index contributed by atoms with van der Waals surface area (Å²) in [6.45, 7) is 2.09. The van der Waals surface area contributed by atoms with E-state index in [1.807, 2.05) is 6.20 Å². The van der Waals surface area contributed by atoms with Gasteiger partial charge in [-0.15, -0.1) is 0 Å². The van der Waals surface area contributed by atoms with Crippen LogP contribution in [0.15, 0.2) is 30.5 Å². The molecule has 0 spiro atoms. The van der Waals surface area contributed by atoms with Crippen LogP contribution in [0.3, 0.4) is 0 Å². The number of thioether (sulfide) groups is 2. The van der Waals surface area contributed by atoms with Gasteiger partial charge in [-0.2, -0.15) is 23.5 Å². The van der Waals surface area contributed by atoms with Gasteiger partial charge >= 0.3 is 0 Å². The van der Waals surface area contributed by atoms with Crippen molar-refractivity contribution in [1.29, 1.82) is 0 Å². The zero-order valence-corrected chi connectivity index (χ0v) is 11.9. The van der Waals surface area contributed by atoms with Crippen molar-refractivity contribution in [3.63, 3.8) is 0 Å². The van der Waals surface area contributed by atoms with E-state index in [1.165, 1.54) is 33.7 Å². The van der Waals surface area contributed by atoms with Crippen molar-refractivity contribution in [2.45, 2.75) is 11.8 Å². The van der Waals surface area contributed by atoms with Crippen molar-refractivity contribution in [2.24, 2.45) is 0 Å². The summed E-state index contributed by atoms with van der Waals surface area (Å²) in [6, 6.07) is 8.64. The average molecular weight is 278 g/mol. The third kappa shape index (κ3) is 2.87. The predicted octanol–water partition coefficient (Wildman–Crippen LogP) is 3.11. The van der Waals surface area contributed by atoms with E-state index in [0.717, 1.165) is 18.3 Å². The number of benzene rings is 1. The van der Waals surface area contributed by atoms with Crippen LogP contribution in [0.4, 0.5) is 0 Å². The molecule has 96 valence electrons. The maximum atomic E-state index is 3.61. The summed E-state index contributed by atoms with van der Waals surface area (Å²) in [6.07, 6.45) is 2.02. The molecule has 4 heteroatoms. The van der Waals surface area contributed by atoms with Crippen LogP contribution < -0.4 is 5.32 Å². The Bertz CT molecular complexity index is 503. The lowest BCUT2D eigenvalue weighted by atomic mass is 10.1. The molecule has 0 radical (unpaired) electrons. The van der Waals surface area contributed by atoms with Gasteiger partial charge in [-0.1, -0.05) is 12.1 Å². The Morgan fingerprint density at radius 2 is 2.28 bits per heavy atom. The number of aromatic nitrogens is 1. The number of nitrogens with one attached hydrogen (secondary N) is 2. The first kappa shape index (κ1) is 12.5. The molecule has 0 amide bonds. The predicted molar refractivity (Wildman–Crippen MR) is 83.6 cm³/mol. The maximum Gasteiger partial charge on any atom is 0.0457 e. The fourth-order valence-electron chi connectivity index (χ4n) is 2.33. The van der Waals surface area contributed by atoms with Gasteiger partial charge in [-0.25, -0.2) is 0 Å². The van der Waals surface area contributed by atoms with Gasteiger partial charge in [0.2, 0.25) is 0 Å². The lowest BCUT2D eigenvalue weighted by Crippen LogP contribution is -2.28. The summed E-state index contributed by atoms with van der Waals surface area (Å²) in [7, 11) is 0. The molecule has 2 N–H and O–H groups in total. The molecule has 1 saturated heterocycles. The highest BCUT2D eigenvalue weighted by Crippen LogP contribution is 2.23. The van der Waals surface area contributed by atoms with Gasteiger partial charge < -0.3 is 10.3 Å².